The van der Waals surface area contributed by atoms with Gasteiger partial charge in [0.1, 0.15) is 0 Å². The van der Waals surface area contributed by atoms with Gasteiger partial charge < -0.3 is 14.8 Å². The first-order valence-corrected chi connectivity index (χ1v) is 8.51. The number of aromatic nitrogens is 1. The van der Waals surface area contributed by atoms with Crippen molar-refractivity contribution in [1.29, 1.82) is 0 Å². The fraction of sp³-hybridized carbons (Fsp3) is 0.333. The van der Waals surface area contributed by atoms with Gasteiger partial charge in [-0.3, -0.25) is 4.79 Å². The summed E-state index contributed by atoms with van der Waals surface area (Å²) in [4.78, 5) is 17.1. The average Bonchev–Trinajstić information content (AvgIpc) is 2.97. The molecule has 1 heterocycles. The molecule has 0 atom stereocenters. The molecule has 0 spiro atoms. The molecular weight excluding hydrogens is 324 g/mol. The number of carbonyl (C=O) groups excluding carboxylic acids is 1. The van der Waals surface area contributed by atoms with Crippen LogP contribution in [0.1, 0.15) is 29.3 Å². The fourth-order valence-corrected chi connectivity index (χ4v) is 2.77. The molecule has 2 rings (SSSR count). The summed E-state index contributed by atoms with van der Waals surface area (Å²) in [6, 6.07) is 5.57. The van der Waals surface area contributed by atoms with Crippen LogP contribution in [0.15, 0.2) is 30.5 Å². The average molecular weight is 346 g/mol. The van der Waals surface area contributed by atoms with E-state index in [0.29, 0.717) is 18.0 Å². The number of nitrogens with one attached hydrogen (secondary N) is 1. The van der Waals surface area contributed by atoms with E-state index in [2.05, 4.69) is 10.3 Å². The molecule has 1 amide bonds. The van der Waals surface area contributed by atoms with Crippen molar-refractivity contribution in [2.24, 2.45) is 0 Å². The number of carbonyl (C=O) groups is 1. The first-order chi connectivity index (χ1) is 11.5. The molecule has 0 aliphatic carbocycles. The third kappa shape index (κ3) is 5.38. The van der Waals surface area contributed by atoms with Crippen molar-refractivity contribution in [2.75, 3.05) is 7.11 Å². The quantitative estimate of drug-likeness (QED) is 0.779. The Balaban J connectivity index is 1.96. The molecule has 0 saturated heterocycles. The van der Waals surface area contributed by atoms with E-state index in [1.54, 1.807) is 30.7 Å². The Hall–Kier alpha value is -2.34. The Bertz CT molecular complexity index is 723. The van der Waals surface area contributed by atoms with Gasteiger partial charge in [0.25, 0.3) is 0 Å². The second-order valence-electron chi connectivity index (χ2n) is 5.47. The highest BCUT2D eigenvalue weighted by Gasteiger charge is 2.07. The van der Waals surface area contributed by atoms with Gasteiger partial charge in [-0.2, -0.15) is 0 Å². The van der Waals surface area contributed by atoms with Gasteiger partial charge >= 0.3 is 0 Å². The maximum atomic E-state index is 11.9. The first-order valence-electron chi connectivity index (χ1n) is 7.70. The van der Waals surface area contributed by atoms with Crippen LogP contribution in [0.4, 0.5) is 0 Å². The summed E-state index contributed by atoms with van der Waals surface area (Å²) < 4.78 is 11.0. The zero-order chi connectivity index (χ0) is 17.5. The summed E-state index contributed by atoms with van der Waals surface area (Å²) >= 11 is 1.58. The number of nitrogens with zero attached hydrogens (tertiary/aromatic N) is 1. The molecule has 1 aromatic carbocycles. The van der Waals surface area contributed by atoms with Crippen LogP contribution in [-0.2, 0) is 11.3 Å². The highest BCUT2D eigenvalue weighted by molar-refractivity contribution is 7.11. The van der Waals surface area contributed by atoms with Crippen LogP contribution in [0.2, 0.25) is 0 Å². The topological polar surface area (TPSA) is 60.5 Å². The Morgan fingerprint density at radius 3 is 2.79 bits per heavy atom. The predicted molar refractivity (Wildman–Crippen MR) is 96.5 cm³/mol. The van der Waals surface area contributed by atoms with Gasteiger partial charge in [0.15, 0.2) is 11.5 Å². The van der Waals surface area contributed by atoms with Crippen LogP contribution >= 0.6 is 11.3 Å². The van der Waals surface area contributed by atoms with Gasteiger partial charge in [0.2, 0.25) is 5.91 Å². The fourth-order valence-electron chi connectivity index (χ4n) is 2.03. The van der Waals surface area contributed by atoms with E-state index < -0.39 is 0 Å². The van der Waals surface area contributed by atoms with Crippen LogP contribution in [0.25, 0.3) is 6.08 Å². The van der Waals surface area contributed by atoms with Crippen molar-refractivity contribution < 1.29 is 14.3 Å². The van der Waals surface area contributed by atoms with Gasteiger partial charge in [-0.05, 0) is 44.5 Å². The van der Waals surface area contributed by atoms with Crippen LogP contribution in [0, 0.1) is 6.92 Å². The second kappa shape index (κ2) is 8.49. The molecule has 6 heteroatoms. The van der Waals surface area contributed by atoms with Gasteiger partial charge in [-0.15, -0.1) is 11.3 Å². The maximum absolute atomic E-state index is 11.9. The molecular formula is C18H22N2O3S. The minimum atomic E-state index is -0.150. The number of methoxy groups -OCH3 is 1. The zero-order valence-electron chi connectivity index (χ0n) is 14.3. The number of amides is 1. The largest absolute Gasteiger partial charge is 0.493 e. The molecule has 1 N–H and O–H groups in total. The minimum absolute atomic E-state index is 0.0708. The molecule has 0 fully saturated rings. The lowest BCUT2D eigenvalue weighted by Gasteiger charge is -2.13. The second-order valence-corrected chi connectivity index (χ2v) is 6.79. The van der Waals surface area contributed by atoms with Gasteiger partial charge in [0, 0.05) is 17.2 Å². The predicted octanol–water partition coefficient (Wildman–Crippen LogP) is 3.58. The maximum Gasteiger partial charge on any atom is 0.244 e. The molecule has 0 aliphatic rings. The molecule has 128 valence electrons. The van der Waals surface area contributed by atoms with E-state index in [1.807, 2.05) is 39.0 Å². The number of rotatable bonds is 7. The number of aryl methyl sites for hydroxylation is 1. The van der Waals surface area contributed by atoms with Crippen molar-refractivity contribution in [3.63, 3.8) is 0 Å². The normalized spacial score (nSPS) is 11.0. The minimum Gasteiger partial charge on any atom is -0.493 e. The molecule has 2 aromatic rings. The highest BCUT2D eigenvalue weighted by Crippen LogP contribution is 2.29. The molecule has 1 aromatic heterocycles. The Labute approximate surface area is 146 Å². The molecule has 0 bridgehead atoms. The third-order valence-electron chi connectivity index (χ3n) is 3.08. The van der Waals surface area contributed by atoms with Crippen molar-refractivity contribution in [2.45, 2.75) is 33.4 Å². The molecule has 0 aliphatic heterocycles. The molecule has 0 radical (unpaired) electrons. The molecule has 0 saturated carbocycles. The zero-order valence-corrected chi connectivity index (χ0v) is 15.1. The van der Waals surface area contributed by atoms with Crippen molar-refractivity contribution in [1.82, 2.24) is 10.3 Å². The third-order valence-corrected chi connectivity index (χ3v) is 4.00. The van der Waals surface area contributed by atoms with E-state index in [-0.39, 0.29) is 12.0 Å². The molecule has 24 heavy (non-hydrogen) atoms. The van der Waals surface area contributed by atoms with Gasteiger partial charge in [-0.1, -0.05) is 6.07 Å². The van der Waals surface area contributed by atoms with E-state index >= 15 is 0 Å². The number of hydrogen-bond acceptors (Lipinski definition) is 5. The Kier molecular flexibility index (Phi) is 6.37. The van der Waals surface area contributed by atoms with Crippen molar-refractivity contribution >= 4 is 23.3 Å². The van der Waals surface area contributed by atoms with Gasteiger partial charge in [0.05, 0.1) is 24.8 Å². The summed E-state index contributed by atoms with van der Waals surface area (Å²) in [6.45, 7) is 6.35. The van der Waals surface area contributed by atoms with Crippen LogP contribution in [0.5, 0.6) is 11.5 Å². The van der Waals surface area contributed by atoms with E-state index in [9.17, 15) is 4.79 Å². The summed E-state index contributed by atoms with van der Waals surface area (Å²) in [7, 11) is 1.60. The van der Waals surface area contributed by atoms with Crippen molar-refractivity contribution in [3.8, 4) is 11.5 Å². The summed E-state index contributed by atoms with van der Waals surface area (Å²) in [5, 5.41) is 3.83. The first kappa shape index (κ1) is 18.0. The smallest absolute Gasteiger partial charge is 0.244 e. The van der Waals surface area contributed by atoms with Crippen LogP contribution in [-0.4, -0.2) is 24.1 Å². The lowest BCUT2D eigenvalue weighted by atomic mass is 10.2. The number of benzene rings is 1. The molecule has 5 nitrogen and oxygen atoms in total. The summed E-state index contributed by atoms with van der Waals surface area (Å²) in [6.07, 6.45) is 5.10. The van der Waals surface area contributed by atoms with E-state index in [1.165, 1.54) is 6.08 Å². The van der Waals surface area contributed by atoms with E-state index in [4.69, 9.17) is 9.47 Å². The number of hydrogen-bond donors (Lipinski definition) is 1. The summed E-state index contributed by atoms with van der Waals surface area (Å²) in [5.74, 6) is 1.18. The van der Waals surface area contributed by atoms with Crippen LogP contribution < -0.4 is 14.8 Å². The van der Waals surface area contributed by atoms with Crippen molar-refractivity contribution in [3.05, 3.63) is 45.9 Å². The van der Waals surface area contributed by atoms with E-state index in [0.717, 1.165) is 15.4 Å². The highest BCUT2D eigenvalue weighted by atomic mass is 32.1. The number of ether oxygens (including phenoxy) is 2. The monoisotopic (exact) mass is 346 g/mol. The lowest BCUT2D eigenvalue weighted by Crippen LogP contribution is -2.19. The van der Waals surface area contributed by atoms with Gasteiger partial charge in [-0.25, -0.2) is 4.98 Å². The standard InChI is InChI=1S/C18H22N2O3S/c1-12(2)23-16-7-5-14(9-17(16)22-4)6-8-18(21)20-11-15-10-19-13(3)24-15/h5-10,12H,11H2,1-4H3,(H,20,21). The molecule has 0 unspecified atom stereocenters. The Morgan fingerprint density at radius 2 is 2.17 bits per heavy atom. The lowest BCUT2D eigenvalue weighted by molar-refractivity contribution is -0.116. The SMILES string of the molecule is COc1cc(C=CC(=O)NCc2cnc(C)s2)ccc1OC(C)C. The summed E-state index contributed by atoms with van der Waals surface area (Å²) in [5.41, 5.74) is 0.867. The Morgan fingerprint density at radius 1 is 1.38 bits per heavy atom. The van der Waals surface area contributed by atoms with Crippen LogP contribution in [0.3, 0.4) is 0 Å². The number of thiazole rings is 1.